The first kappa shape index (κ1) is 26.3. The summed E-state index contributed by atoms with van der Waals surface area (Å²) in [6, 6.07) is 18.9. The molecule has 8 heteroatoms. The number of allylic oxidation sites excluding steroid dienone is 1. The number of anilines is 1. The molecule has 0 saturated heterocycles. The van der Waals surface area contributed by atoms with Crippen LogP contribution in [0.4, 0.5) is 5.69 Å². The zero-order valence-corrected chi connectivity index (χ0v) is 22.2. The van der Waals surface area contributed by atoms with Gasteiger partial charge in [-0.05, 0) is 59.7 Å². The number of fused-ring (bicyclic) bond motifs is 1. The van der Waals surface area contributed by atoms with Gasteiger partial charge in [0.25, 0.3) is 0 Å². The Morgan fingerprint density at radius 2 is 1.63 bits per heavy atom. The molecule has 0 N–H and O–H groups in total. The van der Waals surface area contributed by atoms with Crippen LogP contribution in [0.3, 0.4) is 0 Å². The Morgan fingerprint density at radius 3 is 2.29 bits per heavy atom. The Hall–Kier alpha value is -3.26. The molecule has 0 amide bonds. The summed E-state index contributed by atoms with van der Waals surface area (Å²) >= 11 is 0. The quantitative estimate of drug-likeness (QED) is 0.257. The summed E-state index contributed by atoms with van der Waals surface area (Å²) in [6.07, 6.45) is 0.101. The van der Waals surface area contributed by atoms with Crippen molar-refractivity contribution >= 4 is 23.0 Å². The van der Waals surface area contributed by atoms with Crippen molar-refractivity contribution in [2.75, 3.05) is 32.9 Å². The van der Waals surface area contributed by atoms with Crippen molar-refractivity contribution in [3.63, 3.8) is 0 Å². The number of aliphatic carboxylic acids is 1. The van der Waals surface area contributed by atoms with Crippen LogP contribution < -0.4 is 53.8 Å². The van der Waals surface area contributed by atoms with Crippen molar-refractivity contribution in [3.8, 4) is 17.2 Å². The summed E-state index contributed by atoms with van der Waals surface area (Å²) in [6.45, 7) is 0.0537. The third kappa shape index (κ3) is 5.88. The summed E-state index contributed by atoms with van der Waals surface area (Å²) in [4.78, 5) is 28.0. The summed E-state index contributed by atoms with van der Waals surface area (Å²) in [5.41, 5.74) is 2.31. The molecule has 0 aromatic heterocycles. The van der Waals surface area contributed by atoms with Crippen LogP contribution >= 0.6 is 0 Å². The molecule has 1 aliphatic heterocycles. The van der Waals surface area contributed by atoms with Crippen molar-refractivity contribution in [1.82, 2.24) is 0 Å². The molecule has 0 radical (unpaired) electrons. The molecule has 1 aliphatic rings. The topological polar surface area (TPSA) is 88.1 Å². The van der Waals surface area contributed by atoms with E-state index in [1.165, 1.54) is 7.11 Å². The number of carboxylic acid groups (broad SMARTS) is 1. The first-order valence-corrected chi connectivity index (χ1v) is 10.7. The Kier molecular flexibility index (Phi) is 8.62. The zero-order valence-electron chi connectivity index (χ0n) is 20.2. The second-order valence-corrected chi connectivity index (χ2v) is 8.01. The van der Waals surface area contributed by atoms with Gasteiger partial charge in [-0.2, -0.15) is 0 Å². The molecule has 0 saturated carbocycles. The van der Waals surface area contributed by atoms with Gasteiger partial charge in [0.2, 0.25) is 6.79 Å². The van der Waals surface area contributed by atoms with Crippen molar-refractivity contribution in [3.05, 3.63) is 89.0 Å². The minimum Gasteiger partial charge on any atom is -0.545 e. The van der Waals surface area contributed by atoms with Crippen LogP contribution in [0.1, 0.15) is 21.5 Å². The number of Topliss-reactive ketones (excluding diaryl/α,β-unsaturated/α-hetero) is 1. The number of ether oxygens (including phenoxy) is 3. The molecule has 0 fully saturated rings. The second-order valence-electron chi connectivity index (χ2n) is 8.01. The van der Waals surface area contributed by atoms with Crippen molar-refractivity contribution in [1.29, 1.82) is 0 Å². The number of carboxylic acids is 1. The average Bonchev–Trinajstić information content (AvgIpc) is 3.31. The molecule has 3 aromatic rings. The first-order chi connectivity index (χ1) is 16.4. The van der Waals surface area contributed by atoms with E-state index in [1.54, 1.807) is 42.5 Å². The Bertz CT molecular complexity index is 1270. The van der Waals surface area contributed by atoms with Gasteiger partial charge in [-0.3, -0.25) is 4.79 Å². The van der Waals surface area contributed by atoms with Gasteiger partial charge in [0.1, 0.15) is 5.75 Å². The van der Waals surface area contributed by atoms with Crippen LogP contribution in [0.15, 0.2) is 72.3 Å². The molecule has 7 nitrogen and oxygen atoms in total. The summed E-state index contributed by atoms with van der Waals surface area (Å²) < 4.78 is 15.9. The van der Waals surface area contributed by atoms with E-state index in [-0.39, 0.29) is 53.9 Å². The van der Waals surface area contributed by atoms with E-state index in [0.717, 1.165) is 11.3 Å². The monoisotopic (exact) mass is 481 g/mol. The van der Waals surface area contributed by atoms with Crippen molar-refractivity contribution in [2.45, 2.75) is 6.42 Å². The van der Waals surface area contributed by atoms with Crippen molar-refractivity contribution in [2.24, 2.45) is 0 Å². The molecule has 0 bridgehead atoms. The fraction of sp³-hybridized carbons (Fsp3) is 0.185. The van der Waals surface area contributed by atoms with Gasteiger partial charge >= 0.3 is 29.6 Å². The average molecular weight is 481 g/mol. The maximum atomic E-state index is 13.7. The molecule has 1 heterocycles. The van der Waals surface area contributed by atoms with Crippen LogP contribution in [-0.4, -0.2) is 39.8 Å². The van der Waals surface area contributed by atoms with Gasteiger partial charge in [-0.25, -0.2) is 0 Å². The minimum atomic E-state index is -1.44. The van der Waals surface area contributed by atoms with E-state index in [4.69, 9.17) is 14.2 Å². The van der Waals surface area contributed by atoms with E-state index in [1.807, 2.05) is 43.3 Å². The predicted octanol–water partition coefficient (Wildman–Crippen LogP) is 0.123. The molecule has 3 aromatic carbocycles. The van der Waals surface area contributed by atoms with Crippen LogP contribution in [0.2, 0.25) is 0 Å². The van der Waals surface area contributed by atoms with E-state index in [9.17, 15) is 14.7 Å². The molecule has 35 heavy (non-hydrogen) atoms. The maximum absolute atomic E-state index is 13.7. The Morgan fingerprint density at radius 1 is 0.943 bits per heavy atom. The van der Waals surface area contributed by atoms with Gasteiger partial charge in [0.05, 0.1) is 13.1 Å². The van der Waals surface area contributed by atoms with E-state index >= 15 is 0 Å². The standard InChI is InChI=1S/C27H25NO6.Na/c1-28(2)20-6-4-5-17(13-20)14-22(26(29)18-7-10-21(32-3)11-8-18)25(27(30)31)19-9-12-23-24(15-19)34-16-33-23;/h4-13,15H,14,16H2,1-3H3,(H,30,31);/q;+1/p-1/b25-22-;. The van der Waals surface area contributed by atoms with E-state index in [2.05, 4.69) is 0 Å². The number of hydrogen-bond donors (Lipinski definition) is 0. The smallest absolute Gasteiger partial charge is 0.545 e. The predicted molar refractivity (Wildman–Crippen MR) is 126 cm³/mol. The summed E-state index contributed by atoms with van der Waals surface area (Å²) in [5, 5.41) is 12.4. The maximum Gasteiger partial charge on any atom is 1.00 e. The number of methoxy groups -OCH3 is 1. The van der Waals surface area contributed by atoms with Gasteiger partial charge < -0.3 is 29.0 Å². The van der Waals surface area contributed by atoms with Crippen LogP contribution in [0.25, 0.3) is 5.57 Å². The number of hydrogen-bond acceptors (Lipinski definition) is 7. The number of ketones is 1. The normalized spacial score (nSPS) is 12.3. The molecule has 174 valence electrons. The Labute approximate surface area is 226 Å². The number of carbonyl (C=O) groups is 2. The summed E-state index contributed by atoms with van der Waals surface area (Å²) in [7, 11) is 5.36. The van der Waals surface area contributed by atoms with Gasteiger partial charge in [-0.15, -0.1) is 0 Å². The van der Waals surface area contributed by atoms with Gasteiger partial charge in [0.15, 0.2) is 17.3 Å². The second kappa shape index (κ2) is 11.4. The van der Waals surface area contributed by atoms with Crippen LogP contribution in [0, 0.1) is 0 Å². The van der Waals surface area contributed by atoms with E-state index in [0.29, 0.717) is 28.4 Å². The SMILES string of the molecule is COc1ccc(C(=O)/C(Cc2cccc(N(C)C)c2)=C(\C(=O)[O-])c2ccc3c(c2)OCO3)cc1.[Na+]. The zero-order chi connectivity index (χ0) is 24.2. The largest absolute Gasteiger partial charge is 1.00 e. The molecular weight excluding hydrogens is 457 g/mol. The molecular formula is C27H24NNaO6. The summed E-state index contributed by atoms with van der Waals surface area (Å²) in [5.74, 6) is -0.323. The Balaban J connectivity index is 0.00000342. The molecule has 4 rings (SSSR count). The minimum absolute atomic E-state index is 0. The van der Waals surface area contributed by atoms with Crippen molar-refractivity contribution < 1.29 is 58.5 Å². The fourth-order valence-corrected chi connectivity index (χ4v) is 3.81. The van der Waals surface area contributed by atoms with Crippen LogP contribution in [-0.2, 0) is 11.2 Å². The third-order valence-corrected chi connectivity index (χ3v) is 5.60. The van der Waals surface area contributed by atoms with Gasteiger partial charge in [0, 0.05) is 42.9 Å². The third-order valence-electron chi connectivity index (χ3n) is 5.60. The molecule has 0 aliphatic carbocycles. The number of nitrogens with zero attached hydrogens (tertiary/aromatic N) is 1. The molecule has 0 unspecified atom stereocenters. The fourth-order valence-electron chi connectivity index (χ4n) is 3.81. The number of rotatable bonds is 8. The molecule has 0 atom stereocenters. The van der Waals surface area contributed by atoms with Crippen LogP contribution in [0.5, 0.6) is 17.2 Å². The first-order valence-electron chi connectivity index (χ1n) is 10.7. The van der Waals surface area contributed by atoms with E-state index < -0.39 is 11.8 Å². The molecule has 0 spiro atoms. The van der Waals surface area contributed by atoms with Gasteiger partial charge in [-0.1, -0.05) is 18.2 Å². The number of carbonyl (C=O) groups excluding carboxylic acids is 2. The number of benzene rings is 3.